The Morgan fingerprint density at radius 3 is 3.00 bits per heavy atom. The Bertz CT molecular complexity index is 703. The van der Waals surface area contributed by atoms with Crippen LogP contribution in [-0.4, -0.2) is 22.3 Å². The van der Waals surface area contributed by atoms with Crippen molar-refractivity contribution in [3.8, 4) is 0 Å². The molecule has 1 aliphatic carbocycles. The van der Waals surface area contributed by atoms with Gasteiger partial charge < -0.3 is 4.90 Å². The lowest BCUT2D eigenvalue weighted by Crippen LogP contribution is -2.39. The minimum absolute atomic E-state index is 0.180. The zero-order valence-electron chi connectivity index (χ0n) is 13.3. The first-order chi connectivity index (χ1) is 11.3. The molecule has 2 heterocycles. The Labute approximate surface area is 141 Å². The lowest BCUT2D eigenvalue weighted by molar-refractivity contribution is -0.135. The van der Waals surface area contributed by atoms with E-state index in [1.54, 1.807) is 11.3 Å². The average molecular weight is 326 g/mol. The van der Waals surface area contributed by atoms with Gasteiger partial charge in [0.1, 0.15) is 5.01 Å². The first-order valence-electron chi connectivity index (χ1n) is 8.63. The summed E-state index contributed by atoms with van der Waals surface area (Å²) in [5.41, 5.74) is 1.06. The van der Waals surface area contributed by atoms with Crippen molar-refractivity contribution in [3.63, 3.8) is 0 Å². The van der Waals surface area contributed by atoms with E-state index in [0.717, 1.165) is 42.8 Å². The van der Waals surface area contributed by atoms with Crippen molar-refractivity contribution < 1.29 is 4.79 Å². The molecule has 120 valence electrons. The van der Waals surface area contributed by atoms with E-state index in [0.29, 0.717) is 18.2 Å². The molecule has 0 radical (unpaired) electrons. The molecule has 2 aliphatic rings. The maximum absolute atomic E-state index is 12.8. The number of para-hydroxylation sites is 1. The second-order valence-corrected chi connectivity index (χ2v) is 7.65. The van der Waals surface area contributed by atoms with Gasteiger partial charge >= 0.3 is 0 Å². The first kappa shape index (κ1) is 14.9. The van der Waals surface area contributed by atoms with E-state index in [1.165, 1.54) is 11.1 Å². The van der Waals surface area contributed by atoms with Crippen LogP contribution in [0, 0.1) is 5.92 Å². The van der Waals surface area contributed by atoms with E-state index in [-0.39, 0.29) is 6.04 Å². The molecule has 1 aromatic heterocycles. The predicted molar refractivity (Wildman–Crippen MR) is 94.4 cm³/mol. The van der Waals surface area contributed by atoms with E-state index < -0.39 is 0 Å². The van der Waals surface area contributed by atoms with Gasteiger partial charge in [-0.15, -0.1) is 11.3 Å². The largest absolute Gasteiger partial charge is 0.333 e. The average Bonchev–Trinajstić information content (AvgIpc) is 3.23. The van der Waals surface area contributed by atoms with E-state index >= 15 is 0 Å². The molecule has 0 spiro atoms. The number of thiazole rings is 1. The summed E-state index contributed by atoms with van der Waals surface area (Å²) in [4.78, 5) is 19.7. The molecule has 2 atom stereocenters. The van der Waals surface area contributed by atoms with Gasteiger partial charge in [0.05, 0.1) is 16.3 Å². The Kier molecular flexibility index (Phi) is 4.17. The van der Waals surface area contributed by atoms with Gasteiger partial charge in [-0.25, -0.2) is 4.98 Å². The Morgan fingerprint density at radius 1 is 1.26 bits per heavy atom. The molecule has 2 aromatic rings. The van der Waals surface area contributed by atoms with Crippen molar-refractivity contribution in [3.05, 3.63) is 41.4 Å². The summed E-state index contributed by atoms with van der Waals surface area (Å²) in [6.45, 7) is 0.885. The number of benzene rings is 1. The summed E-state index contributed by atoms with van der Waals surface area (Å²) >= 11 is 1.75. The minimum Gasteiger partial charge on any atom is -0.333 e. The number of hydrogen-bond donors (Lipinski definition) is 0. The summed E-state index contributed by atoms with van der Waals surface area (Å²) in [6.07, 6.45) is 10.7. The molecular formula is C19H22N2OS. The third kappa shape index (κ3) is 3.05. The summed E-state index contributed by atoms with van der Waals surface area (Å²) in [5.74, 6) is 0.756. The molecular weight excluding hydrogens is 304 g/mol. The van der Waals surface area contributed by atoms with Crippen LogP contribution in [-0.2, 0) is 4.79 Å². The van der Waals surface area contributed by atoms with Crippen LogP contribution in [0.2, 0.25) is 0 Å². The number of allylic oxidation sites excluding steroid dienone is 2. The molecule has 23 heavy (non-hydrogen) atoms. The van der Waals surface area contributed by atoms with Gasteiger partial charge in [0.15, 0.2) is 0 Å². The maximum Gasteiger partial charge on any atom is 0.223 e. The number of nitrogens with zero attached hydrogens (tertiary/aromatic N) is 2. The number of amides is 1. The number of carbonyl (C=O) groups excluding carboxylic acids is 1. The van der Waals surface area contributed by atoms with Gasteiger partial charge in [-0.05, 0) is 50.2 Å². The van der Waals surface area contributed by atoms with Crippen LogP contribution < -0.4 is 0 Å². The van der Waals surface area contributed by atoms with Gasteiger partial charge in [-0.1, -0.05) is 24.3 Å². The van der Waals surface area contributed by atoms with Crippen molar-refractivity contribution in [1.82, 2.24) is 9.88 Å². The van der Waals surface area contributed by atoms with Crippen LogP contribution >= 0.6 is 11.3 Å². The minimum atomic E-state index is 0.180. The number of piperidine rings is 1. The Hall–Kier alpha value is -1.68. The van der Waals surface area contributed by atoms with Gasteiger partial charge in [0, 0.05) is 13.0 Å². The van der Waals surface area contributed by atoms with Crippen molar-refractivity contribution in [1.29, 1.82) is 0 Å². The smallest absolute Gasteiger partial charge is 0.223 e. The van der Waals surface area contributed by atoms with E-state index in [1.807, 2.05) is 6.07 Å². The van der Waals surface area contributed by atoms with Crippen molar-refractivity contribution in [2.45, 2.75) is 44.6 Å². The van der Waals surface area contributed by atoms with Crippen LogP contribution in [0.3, 0.4) is 0 Å². The molecule has 1 aromatic carbocycles. The van der Waals surface area contributed by atoms with Crippen molar-refractivity contribution >= 4 is 27.5 Å². The number of hydrogen-bond acceptors (Lipinski definition) is 3. The fourth-order valence-corrected chi connectivity index (χ4v) is 4.84. The number of likely N-dealkylation sites (tertiary alicyclic amines) is 1. The second-order valence-electron chi connectivity index (χ2n) is 6.59. The quantitative estimate of drug-likeness (QED) is 0.766. The number of rotatable bonds is 3. The van der Waals surface area contributed by atoms with Crippen molar-refractivity contribution in [2.75, 3.05) is 6.54 Å². The highest BCUT2D eigenvalue weighted by Gasteiger charge is 2.31. The normalized spacial score (nSPS) is 24.4. The van der Waals surface area contributed by atoms with Crippen LogP contribution in [0.5, 0.6) is 0 Å². The molecule has 0 saturated carbocycles. The number of carbonyl (C=O) groups is 1. The molecule has 0 N–H and O–H groups in total. The molecule has 3 nitrogen and oxygen atoms in total. The Morgan fingerprint density at radius 2 is 2.17 bits per heavy atom. The molecule has 1 fully saturated rings. The summed E-state index contributed by atoms with van der Waals surface area (Å²) in [6, 6.07) is 8.45. The highest BCUT2D eigenvalue weighted by atomic mass is 32.1. The van der Waals surface area contributed by atoms with E-state index in [9.17, 15) is 4.79 Å². The fourth-order valence-electron chi connectivity index (χ4n) is 3.73. The third-order valence-electron chi connectivity index (χ3n) is 4.97. The van der Waals surface area contributed by atoms with E-state index in [2.05, 4.69) is 35.3 Å². The van der Waals surface area contributed by atoms with Crippen molar-refractivity contribution in [2.24, 2.45) is 5.92 Å². The molecule has 1 saturated heterocycles. The highest BCUT2D eigenvalue weighted by Crippen LogP contribution is 2.36. The molecule has 1 aliphatic heterocycles. The van der Waals surface area contributed by atoms with Crippen LogP contribution in [0.15, 0.2) is 36.4 Å². The third-order valence-corrected chi connectivity index (χ3v) is 6.11. The highest BCUT2D eigenvalue weighted by molar-refractivity contribution is 7.18. The molecule has 1 amide bonds. The molecule has 4 rings (SSSR count). The van der Waals surface area contributed by atoms with Gasteiger partial charge in [-0.2, -0.15) is 0 Å². The zero-order valence-corrected chi connectivity index (χ0v) is 14.1. The SMILES string of the molecule is O=C(CC1C=CCC1)N1CCCCC1c1nc2ccccc2s1. The summed E-state index contributed by atoms with van der Waals surface area (Å²) < 4.78 is 1.22. The number of fused-ring (bicyclic) bond motifs is 1. The van der Waals surface area contributed by atoms with E-state index in [4.69, 9.17) is 4.98 Å². The lowest BCUT2D eigenvalue weighted by Gasteiger charge is -2.35. The zero-order chi connectivity index (χ0) is 15.6. The number of aromatic nitrogens is 1. The Balaban J connectivity index is 1.56. The molecule has 0 bridgehead atoms. The van der Waals surface area contributed by atoms with Gasteiger partial charge in [0.2, 0.25) is 5.91 Å². The predicted octanol–water partition coefficient (Wildman–Crippen LogP) is 4.71. The molecule has 4 heteroatoms. The van der Waals surface area contributed by atoms with Gasteiger partial charge in [0.25, 0.3) is 0 Å². The maximum atomic E-state index is 12.8. The summed E-state index contributed by atoms with van der Waals surface area (Å²) in [5, 5.41) is 1.11. The topological polar surface area (TPSA) is 33.2 Å². The van der Waals surface area contributed by atoms with Crippen LogP contribution in [0.1, 0.15) is 49.6 Å². The van der Waals surface area contributed by atoms with Crippen LogP contribution in [0.25, 0.3) is 10.2 Å². The standard InChI is InChI=1S/C19H22N2OS/c22-18(13-14-7-1-2-8-14)21-12-6-5-10-16(21)19-20-15-9-3-4-11-17(15)23-19/h1,3-4,7,9,11,14,16H,2,5-6,8,10,12-13H2. The van der Waals surface area contributed by atoms with Gasteiger partial charge in [-0.3, -0.25) is 4.79 Å². The lowest BCUT2D eigenvalue weighted by atomic mass is 9.99. The first-order valence-corrected chi connectivity index (χ1v) is 9.44. The monoisotopic (exact) mass is 326 g/mol. The second kappa shape index (κ2) is 6.44. The van der Waals surface area contributed by atoms with Crippen LogP contribution in [0.4, 0.5) is 0 Å². The fraction of sp³-hybridized carbons (Fsp3) is 0.474. The molecule has 2 unspecified atom stereocenters. The summed E-state index contributed by atoms with van der Waals surface area (Å²) in [7, 11) is 0.